The molecule has 0 spiro atoms. The lowest BCUT2D eigenvalue weighted by molar-refractivity contribution is 0.149. The maximum atomic E-state index is 13.0. The van der Waals surface area contributed by atoms with Crippen molar-refractivity contribution in [2.45, 2.75) is 57.5 Å². The van der Waals surface area contributed by atoms with E-state index in [4.69, 9.17) is 0 Å². The summed E-state index contributed by atoms with van der Waals surface area (Å²) in [5.41, 5.74) is 0.895. The Bertz CT molecular complexity index is 358. The molecule has 1 nitrogen and oxygen atoms in total. The molecular weight excluding hydrogens is 227 g/mol. The van der Waals surface area contributed by atoms with Crippen LogP contribution >= 0.6 is 0 Å². The molecule has 0 bridgehead atoms. The van der Waals surface area contributed by atoms with E-state index < -0.39 is 0 Å². The number of aliphatic hydroxyl groups is 1. The molecule has 1 N–H and O–H groups in total. The monoisotopic (exact) mass is 250 g/mol. The lowest BCUT2D eigenvalue weighted by Crippen LogP contribution is -2.14. The molecule has 1 fully saturated rings. The van der Waals surface area contributed by atoms with Gasteiger partial charge in [-0.15, -0.1) is 0 Å². The Morgan fingerprint density at radius 1 is 1.22 bits per heavy atom. The molecule has 1 aromatic rings. The van der Waals surface area contributed by atoms with Gasteiger partial charge in [0.25, 0.3) is 0 Å². The molecule has 18 heavy (non-hydrogen) atoms. The zero-order valence-electron chi connectivity index (χ0n) is 10.9. The minimum atomic E-state index is -0.325. The van der Waals surface area contributed by atoms with Crippen molar-refractivity contribution in [2.24, 2.45) is 5.92 Å². The maximum absolute atomic E-state index is 13.0. The third kappa shape index (κ3) is 4.41. The summed E-state index contributed by atoms with van der Waals surface area (Å²) in [6.45, 7) is 0. The Labute approximate surface area is 109 Å². The molecular formula is C16H23FO. The Hall–Kier alpha value is -0.890. The molecule has 1 atom stereocenters. The predicted molar refractivity (Wildman–Crippen MR) is 71.9 cm³/mol. The average Bonchev–Trinajstić information content (AvgIpc) is 2.38. The molecule has 0 aromatic heterocycles. The van der Waals surface area contributed by atoms with Gasteiger partial charge in [0, 0.05) is 0 Å². The van der Waals surface area contributed by atoms with E-state index in [9.17, 15) is 9.50 Å². The van der Waals surface area contributed by atoms with E-state index in [2.05, 4.69) is 0 Å². The summed E-state index contributed by atoms with van der Waals surface area (Å²) >= 11 is 0. The number of aliphatic hydroxyl groups excluding tert-OH is 1. The number of benzene rings is 1. The first-order chi connectivity index (χ1) is 8.74. The smallest absolute Gasteiger partial charge is 0.123 e. The van der Waals surface area contributed by atoms with Crippen molar-refractivity contribution in [1.82, 2.24) is 0 Å². The zero-order valence-corrected chi connectivity index (χ0v) is 10.9. The van der Waals surface area contributed by atoms with Crippen LogP contribution in [0.5, 0.6) is 0 Å². The summed E-state index contributed by atoms with van der Waals surface area (Å²) in [6, 6.07) is 6.55. The molecule has 1 aliphatic rings. The second-order valence-electron chi connectivity index (χ2n) is 5.57. The first-order valence-electron chi connectivity index (χ1n) is 7.16. The van der Waals surface area contributed by atoms with Crippen LogP contribution in [0, 0.1) is 11.7 Å². The Morgan fingerprint density at radius 3 is 2.72 bits per heavy atom. The van der Waals surface area contributed by atoms with Crippen LogP contribution in [0.3, 0.4) is 0 Å². The van der Waals surface area contributed by atoms with Gasteiger partial charge in [-0.25, -0.2) is 4.39 Å². The molecule has 0 heterocycles. The van der Waals surface area contributed by atoms with Gasteiger partial charge in [0.1, 0.15) is 5.82 Å². The Balaban J connectivity index is 1.72. The number of hydrogen-bond donors (Lipinski definition) is 1. The van der Waals surface area contributed by atoms with Crippen LogP contribution in [0.15, 0.2) is 24.3 Å². The highest BCUT2D eigenvalue weighted by molar-refractivity contribution is 5.16. The van der Waals surface area contributed by atoms with Crippen molar-refractivity contribution in [3.63, 3.8) is 0 Å². The highest BCUT2D eigenvalue weighted by Crippen LogP contribution is 2.28. The molecule has 0 amide bonds. The second-order valence-corrected chi connectivity index (χ2v) is 5.57. The standard InChI is InChI=1S/C16H23FO/c17-15-8-4-7-14(11-15)12-16(18)10-9-13-5-2-1-3-6-13/h4,7-8,11,13,16,18H,1-3,5-6,9-10,12H2. The van der Waals surface area contributed by atoms with Crippen molar-refractivity contribution < 1.29 is 9.50 Å². The number of hydrogen-bond acceptors (Lipinski definition) is 1. The lowest BCUT2D eigenvalue weighted by Gasteiger charge is -2.22. The van der Waals surface area contributed by atoms with E-state index in [1.54, 1.807) is 6.07 Å². The van der Waals surface area contributed by atoms with Crippen molar-refractivity contribution in [3.05, 3.63) is 35.6 Å². The fraction of sp³-hybridized carbons (Fsp3) is 0.625. The summed E-state index contributed by atoms with van der Waals surface area (Å²) in [5.74, 6) is 0.591. The van der Waals surface area contributed by atoms with Crippen LogP contribution in [0.2, 0.25) is 0 Å². The molecule has 2 heteroatoms. The second kappa shape index (κ2) is 6.89. The minimum Gasteiger partial charge on any atom is -0.393 e. The number of rotatable bonds is 5. The molecule has 1 saturated carbocycles. The predicted octanol–water partition coefficient (Wildman–Crippen LogP) is 4.09. The van der Waals surface area contributed by atoms with Crippen LogP contribution in [-0.4, -0.2) is 11.2 Å². The van der Waals surface area contributed by atoms with E-state index >= 15 is 0 Å². The van der Waals surface area contributed by atoms with Gasteiger partial charge in [-0.1, -0.05) is 44.2 Å². The molecule has 2 rings (SSSR count). The summed E-state index contributed by atoms with van der Waals surface area (Å²) in [7, 11) is 0. The molecule has 0 saturated heterocycles. The van der Waals surface area contributed by atoms with Crippen LogP contribution in [0.25, 0.3) is 0 Å². The highest BCUT2D eigenvalue weighted by atomic mass is 19.1. The average molecular weight is 250 g/mol. The molecule has 1 aliphatic carbocycles. The summed E-state index contributed by atoms with van der Waals surface area (Å²) in [6.07, 6.45) is 8.95. The molecule has 1 unspecified atom stereocenters. The normalized spacial score (nSPS) is 18.8. The fourth-order valence-corrected chi connectivity index (χ4v) is 2.94. The largest absolute Gasteiger partial charge is 0.393 e. The Kier molecular flexibility index (Phi) is 5.18. The van der Waals surface area contributed by atoms with Crippen molar-refractivity contribution in [2.75, 3.05) is 0 Å². The van der Waals surface area contributed by atoms with E-state index in [1.165, 1.54) is 44.2 Å². The SMILES string of the molecule is OC(CCC1CCCCC1)Cc1cccc(F)c1. The molecule has 1 aromatic carbocycles. The fourth-order valence-electron chi connectivity index (χ4n) is 2.94. The van der Waals surface area contributed by atoms with Crippen molar-refractivity contribution >= 4 is 0 Å². The lowest BCUT2D eigenvalue weighted by atomic mass is 9.85. The van der Waals surface area contributed by atoms with E-state index in [1.807, 2.05) is 6.07 Å². The van der Waals surface area contributed by atoms with Gasteiger partial charge >= 0.3 is 0 Å². The van der Waals surface area contributed by atoms with Crippen LogP contribution in [0.1, 0.15) is 50.5 Å². The van der Waals surface area contributed by atoms with Crippen LogP contribution in [-0.2, 0) is 6.42 Å². The topological polar surface area (TPSA) is 20.2 Å². The minimum absolute atomic E-state index is 0.216. The van der Waals surface area contributed by atoms with E-state index in [0.717, 1.165) is 24.3 Å². The summed E-state index contributed by atoms with van der Waals surface area (Å²) in [5, 5.41) is 10.0. The van der Waals surface area contributed by atoms with Crippen LogP contribution in [0.4, 0.5) is 4.39 Å². The Morgan fingerprint density at radius 2 is 2.00 bits per heavy atom. The highest BCUT2D eigenvalue weighted by Gasteiger charge is 2.15. The van der Waals surface area contributed by atoms with Gasteiger partial charge in [0.15, 0.2) is 0 Å². The van der Waals surface area contributed by atoms with Gasteiger partial charge in [0.05, 0.1) is 6.10 Å². The van der Waals surface area contributed by atoms with Crippen molar-refractivity contribution in [3.8, 4) is 0 Å². The third-order valence-corrected chi connectivity index (χ3v) is 3.99. The molecule has 0 radical (unpaired) electrons. The first-order valence-corrected chi connectivity index (χ1v) is 7.16. The van der Waals surface area contributed by atoms with Gasteiger partial charge in [0.2, 0.25) is 0 Å². The van der Waals surface area contributed by atoms with Gasteiger partial charge in [-0.05, 0) is 42.9 Å². The quantitative estimate of drug-likeness (QED) is 0.834. The maximum Gasteiger partial charge on any atom is 0.123 e. The first kappa shape index (κ1) is 13.5. The molecule has 0 aliphatic heterocycles. The van der Waals surface area contributed by atoms with E-state index in [0.29, 0.717) is 6.42 Å². The van der Waals surface area contributed by atoms with Crippen molar-refractivity contribution in [1.29, 1.82) is 0 Å². The van der Waals surface area contributed by atoms with Gasteiger partial charge in [-0.2, -0.15) is 0 Å². The third-order valence-electron chi connectivity index (χ3n) is 3.99. The number of halogens is 1. The zero-order chi connectivity index (χ0) is 12.8. The molecule has 100 valence electrons. The summed E-state index contributed by atoms with van der Waals surface area (Å²) < 4.78 is 13.0. The van der Waals surface area contributed by atoms with Gasteiger partial charge in [-0.3, -0.25) is 0 Å². The van der Waals surface area contributed by atoms with E-state index in [-0.39, 0.29) is 11.9 Å². The van der Waals surface area contributed by atoms with Gasteiger partial charge < -0.3 is 5.11 Å². The summed E-state index contributed by atoms with van der Waals surface area (Å²) in [4.78, 5) is 0. The van der Waals surface area contributed by atoms with Crippen LogP contribution < -0.4 is 0 Å².